The summed E-state index contributed by atoms with van der Waals surface area (Å²) in [5.41, 5.74) is 13.4. The molecule has 2 aromatic heterocycles. The lowest BCUT2D eigenvalue weighted by molar-refractivity contribution is 0.0374. The van der Waals surface area contributed by atoms with E-state index in [-0.39, 0.29) is 0 Å². The second-order valence-electron chi connectivity index (χ2n) is 8.53. The number of nitrogens with two attached hydrogens (primary N) is 1. The van der Waals surface area contributed by atoms with Gasteiger partial charge in [-0.15, -0.1) is 0 Å². The van der Waals surface area contributed by atoms with E-state index in [9.17, 15) is 0 Å². The number of nitrogens with zero attached hydrogens (tertiary/aromatic N) is 3. The van der Waals surface area contributed by atoms with Crippen LogP contribution in [0.4, 0.5) is 0 Å². The first-order valence-electron chi connectivity index (χ1n) is 11.8. The van der Waals surface area contributed by atoms with Crippen LogP contribution in [0.3, 0.4) is 0 Å². The highest BCUT2D eigenvalue weighted by Crippen LogP contribution is 2.34. The number of benzene rings is 2. The van der Waals surface area contributed by atoms with Crippen LogP contribution in [0.25, 0.3) is 33.3 Å². The standard InChI is InChI=1S/C28H30N4O/c29-20-21-8-10-23(11-9-21)28-24(22-5-2-1-3-6-22)19-25-26(30-13-12-27(25)31-28)7-4-14-32-15-17-33-18-16-32/h1-3,5-6,8-13,19H,4,7,14-18,20,29H2. The highest BCUT2D eigenvalue weighted by atomic mass is 16.5. The zero-order valence-corrected chi connectivity index (χ0v) is 18.9. The first-order chi connectivity index (χ1) is 16.3. The van der Waals surface area contributed by atoms with E-state index in [0.717, 1.165) is 90.2 Å². The van der Waals surface area contributed by atoms with Crippen LogP contribution in [0.15, 0.2) is 72.9 Å². The van der Waals surface area contributed by atoms with E-state index in [4.69, 9.17) is 20.4 Å². The van der Waals surface area contributed by atoms with Crippen molar-refractivity contribution in [2.75, 3.05) is 32.8 Å². The maximum absolute atomic E-state index is 5.81. The Balaban J connectivity index is 1.52. The molecule has 0 radical (unpaired) electrons. The van der Waals surface area contributed by atoms with Crippen molar-refractivity contribution in [3.05, 3.63) is 84.2 Å². The van der Waals surface area contributed by atoms with Gasteiger partial charge in [0.15, 0.2) is 0 Å². The van der Waals surface area contributed by atoms with E-state index in [0.29, 0.717) is 6.54 Å². The molecule has 0 spiro atoms. The predicted molar refractivity (Wildman–Crippen MR) is 134 cm³/mol. The van der Waals surface area contributed by atoms with Gasteiger partial charge in [-0.25, -0.2) is 4.98 Å². The van der Waals surface area contributed by atoms with E-state index in [1.54, 1.807) is 0 Å². The van der Waals surface area contributed by atoms with Crippen molar-refractivity contribution in [3.63, 3.8) is 0 Å². The Hall–Kier alpha value is -3.12. The van der Waals surface area contributed by atoms with Crippen LogP contribution in [-0.2, 0) is 17.7 Å². The second-order valence-corrected chi connectivity index (χ2v) is 8.53. The van der Waals surface area contributed by atoms with Gasteiger partial charge < -0.3 is 10.5 Å². The van der Waals surface area contributed by atoms with Crippen molar-refractivity contribution < 1.29 is 4.74 Å². The lowest BCUT2D eigenvalue weighted by atomic mass is 9.96. The molecule has 1 aliphatic heterocycles. The Morgan fingerprint density at radius 1 is 0.909 bits per heavy atom. The summed E-state index contributed by atoms with van der Waals surface area (Å²) in [5.74, 6) is 0. The van der Waals surface area contributed by atoms with E-state index in [1.807, 2.05) is 18.3 Å². The molecular weight excluding hydrogens is 408 g/mol. The summed E-state index contributed by atoms with van der Waals surface area (Å²) in [6.45, 7) is 5.34. The number of ether oxygens (including phenoxy) is 1. The summed E-state index contributed by atoms with van der Waals surface area (Å²) in [7, 11) is 0. The Morgan fingerprint density at radius 3 is 2.45 bits per heavy atom. The molecule has 3 heterocycles. The van der Waals surface area contributed by atoms with Gasteiger partial charge in [-0.05, 0) is 42.6 Å². The average Bonchev–Trinajstić information content (AvgIpc) is 2.89. The fraction of sp³-hybridized carbons (Fsp3) is 0.286. The third kappa shape index (κ3) is 4.96. The lowest BCUT2D eigenvalue weighted by Crippen LogP contribution is -2.36. The fourth-order valence-electron chi connectivity index (χ4n) is 4.50. The highest BCUT2D eigenvalue weighted by Gasteiger charge is 2.15. The molecule has 33 heavy (non-hydrogen) atoms. The molecule has 5 nitrogen and oxygen atoms in total. The summed E-state index contributed by atoms with van der Waals surface area (Å²) < 4.78 is 5.47. The van der Waals surface area contributed by atoms with Crippen molar-refractivity contribution in [1.82, 2.24) is 14.9 Å². The molecule has 5 heteroatoms. The number of aromatic nitrogens is 2. The van der Waals surface area contributed by atoms with Gasteiger partial charge in [0, 0.05) is 48.0 Å². The Morgan fingerprint density at radius 2 is 1.70 bits per heavy atom. The minimum Gasteiger partial charge on any atom is -0.379 e. The molecule has 5 rings (SSSR count). The molecule has 0 atom stereocenters. The molecular formula is C28H30N4O. The van der Waals surface area contributed by atoms with E-state index >= 15 is 0 Å². The molecule has 0 bridgehead atoms. The van der Waals surface area contributed by atoms with Crippen molar-refractivity contribution >= 4 is 10.9 Å². The van der Waals surface area contributed by atoms with Gasteiger partial charge in [0.2, 0.25) is 0 Å². The maximum Gasteiger partial charge on any atom is 0.0788 e. The summed E-state index contributed by atoms with van der Waals surface area (Å²) in [5, 5.41) is 1.14. The number of hydrogen-bond donors (Lipinski definition) is 1. The maximum atomic E-state index is 5.81. The monoisotopic (exact) mass is 438 g/mol. The van der Waals surface area contributed by atoms with Crippen molar-refractivity contribution in [2.45, 2.75) is 19.4 Å². The van der Waals surface area contributed by atoms with Gasteiger partial charge in [0.25, 0.3) is 0 Å². The summed E-state index contributed by atoms with van der Waals surface area (Å²) in [4.78, 5) is 12.4. The number of fused-ring (bicyclic) bond motifs is 1. The molecule has 168 valence electrons. The average molecular weight is 439 g/mol. The van der Waals surface area contributed by atoms with Gasteiger partial charge in [-0.2, -0.15) is 0 Å². The van der Waals surface area contributed by atoms with Gasteiger partial charge >= 0.3 is 0 Å². The molecule has 1 fully saturated rings. The molecule has 0 unspecified atom stereocenters. The smallest absolute Gasteiger partial charge is 0.0788 e. The normalized spacial score (nSPS) is 14.6. The molecule has 1 aliphatic rings. The second kappa shape index (κ2) is 10.2. The van der Waals surface area contributed by atoms with Crippen LogP contribution in [-0.4, -0.2) is 47.7 Å². The minimum absolute atomic E-state index is 0.538. The van der Waals surface area contributed by atoms with Crippen LogP contribution < -0.4 is 5.73 Å². The Bertz CT molecular complexity index is 1200. The third-order valence-corrected chi connectivity index (χ3v) is 6.37. The van der Waals surface area contributed by atoms with Crippen molar-refractivity contribution in [2.24, 2.45) is 5.73 Å². The van der Waals surface area contributed by atoms with E-state index in [1.165, 1.54) is 0 Å². The molecule has 1 saturated heterocycles. The van der Waals surface area contributed by atoms with Crippen LogP contribution in [0.5, 0.6) is 0 Å². The van der Waals surface area contributed by atoms with Crippen LogP contribution in [0, 0.1) is 0 Å². The molecule has 0 amide bonds. The van der Waals surface area contributed by atoms with Crippen LogP contribution >= 0.6 is 0 Å². The quantitative estimate of drug-likeness (QED) is 0.454. The summed E-state index contributed by atoms with van der Waals surface area (Å²) in [6.07, 6.45) is 3.91. The third-order valence-electron chi connectivity index (χ3n) is 6.37. The Labute approximate surface area is 195 Å². The van der Waals surface area contributed by atoms with Crippen molar-refractivity contribution in [1.29, 1.82) is 0 Å². The van der Waals surface area contributed by atoms with Crippen molar-refractivity contribution in [3.8, 4) is 22.4 Å². The molecule has 0 saturated carbocycles. The SMILES string of the molecule is NCc1ccc(-c2nc3ccnc(CCCN4CCOCC4)c3cc2-c2ccccc2)cc1. The summed E-state index contributed by atoms with van der Waals surface area (Å²) >= 11 is 0. The highest BCUT2D eigenvalue weighted by molar-refractivity contribution is 5.92. The largest absolute Gasteiger partial charge is 0.379 e. The molecule has 0 aliphatic carbocycles. The van der Waals surface area contributed by atoms with Crippen LogP contribution in [0.2, 0.25) is 0 Å². The zero-order valence-electron chi connectivity index (χ0n) is 18.9. The first kappa shape index (κ1) is 21.7. The predicted octanol–water partition coefficient (Wildman–Crippen LogP) is 4.69. The van der Waals surface area contributed by atoms with E-state index < -0.39 is 0 Å². The fourth-order valence-corrected chi connectivity index (χ4v) is 4.50. The first-order valence-corrected chi connectivity index (χ1v) is 11.8. The van der Waals surface area contributed by atoms with Crippen LogP contribution in [0.1, 0.15) is 17.7 Å². The number of hydrogen-bond acceptors (Lipinski definition) is 5. The minimum atomic E-state index is 0.538. The number of morpholine rings is 1. The van der Waals surface area contributed by atoms with Gasteiger partial charge in [0.05, 0.1) is 24.4 Å². The number of pyridine rings is 2. The summed E-state index contributed by atoms with van der Waals surface area (Å²) in [6, 6.07) is 23.2. The molecule has 2 aromatic carbocycles. The molecule has 2 N–H and O–H groups in total. The van der Waals surface area contributed by atoms with Gasteiger partial charge in [-0.3, -0.25) is 9.88 Å². The number of aryl methyl sites for hydroxylation is 1. The van der Waals surface area contributed by atoms with Gasteiger partial charge in [-0.1, -0.05) is 54.6 Å². The van der Waals surface area contributed by atoms with Gasteiger partial charge in [0.1, 0.15) is 0 Å². The topological polar surface area (TPSA) is 64.3 Å². The van der Waals surface area contributed by atoms with E-state index in [2.05, 4.69) is 59.5 Å². The Kier molecular flexibility index (Phi) is 6.72. The number of rotatable bonds is 7. The zero-order chi connectivity index (χ0) is 22.5. The lowest BCUT2D eigenvalue weighted by Gasteiger charge is -2.26. The molecule has 4 aromatic rings.